The van der Waals surface area contributed by atoms with Crippen LogP contribution >= 0.6 is 0 Å². The quantitative estimate of drug-likeness (QED) is 0.335. The number of benzene rings is 2. The fourth-order valence-electron chi connectivity index (χ4n) is 4.57. The van der Waals surface area contributed by atoms with Crippen LogP contribution in [0.15, 0.2) is 59.4 Å². The molecule has 1 saturated carbocycles. The normalized spacial score (nSPS) is 14.1. The summed E-state index contributed by atoms with van der Waals surface area (Å²) < 4.78 is 21.3. The zero-order valence-corrected chi connectivity index (χ0v) is 19.7. The molecular formula is C26H23N7O3. The molecule has 36 heavy (non-hydrogen) atoms. The number of ether oxygens (including phenoxy) is 2. The summed E-state index contributed by atoms with van der Waals surface area (Å²) >= 11 is 0. The number of aromatic nitrogens is 7. The minimum Gasteiger partial charge on any atom is -0.497 e. The minimum atomic E-state index is 0.317. The van der Waals surface area contributed by atoms with Crippen LogP contribution in [0.2, 0.25) is 0 Å². The lowest BCUT2D eigenvalue weighted by Crippen LogP contribution is -2.09. The fourth-order valence-corrected chi connectivity index (χ4v) is 4.57. The number of methoxy groups -OCH3 is 1. The summed E-state index contributed by atoms with van der Waals surface area (Å²) in [4.78, 5) is 9.33. The Balaban J connectivity index is 1.29. The van der Waals surface area contributed by atoms with Gasteiger partial charge in [-0.1, -0.05) is 35.5 Å². The summed E-state index contributed by atoms with van der Waals surface area (Å²) in [7, 11) is 1.65. The van der Waals surface area contributed by atoms with Gasteiger partial charge in [0.1, 0.15) is 18.7 Å². The van der Waals surface area contributed by atoms with E-state index in [2.05, 4.69) is 29.9 Å². The van der Waals surface area contributed by atoms with Crippen LogP contribution in [0.3, 0.4) is 0 Å². The molecule has 2 aromatic carbocycles. The Hall–Kier alpha value is -4.31. The highest BCUT2D eigenvalue weighted by Crippen LogP contribution is 2.40. The molecule has 0 N–H and O–H groups in total. The van der Waals surface area contributed by atoms with Gasteiger partial charge in [-0.3, -0.25) is 4.57 Å². The highest BCUT2D eigenvalue weighted by atomic mass is 16.5. The number of hydrogen-bond donors (Lipinski definition) is 0. The first kappa shape index (κ1) is 21.0. The molecule has 0 amide bonds. The maximum atomic E-state index is 6.01. The van der Waals surface area contributed by atoms with Gasteiger partial charge >= 0.3 is 0 Å². The summed E-state index contributed by atoms with van der Waals surface area (Å²) in [6.07, 6.45) is 4.00. The second-order valence-corrected chi connectivity index (χ2v) is 9.03. The number of imidazole rings is 1. The maximum Gasteiger partial charge on any atom is 0.278 e. The van der Waals surface area contributed by atoms with Crippen LogP contribution in [-0.2, 0) is 24.5 Å². The lowest BCUT2D eigenvalue weighted by Gasteiger charge is -2.10. The summed E-state index contributed by atoms with van der Waals surface area (Å²) in [5.74, 6) is 3.78. The first-order valence-corrected chi connectivity index (χ1v) is 11.9. The van der Waals surface area contributed by atoms with Crippen molar-refractivity contribution in [3.63, 3.8) is 0 Å². The molecule has 2 aliphatic rings. The SMILES string of the molecule is COc1ccc2c(c1)-c1nnc(COCc3ccccc3)n1Cc1c(-c3nc(C4CC4)no3)ncn1-2. The summed E-state index contributed by atoms with van der Waals surface area (Å²) in [6, 6.07) is 16.0. The molecule has 10 heteroatoms. The van der Waals surface area contributed by atoms with Crippen LogP contribution in [0.25, 0.3) is 28.7 Å². The minimum absolute atomic E-state index is 0.317. The number of rotatable bonds is 7. The summed E-state index contributed by atoms with van der Waals surface area (Å²) in [5.41, 5.74) is 4.49. The predicted molar refractivity (Wildman–Crippen MR) is 128 cm³/mol. The third-order valence-corrected chi connectivity index (χ3v) is 6.64. The largest absolute Gasteiger partial charge is 0.497 e. The van der Waals surface area contributed by atoms with Gasteiger partial charge in [0.25, 0.3) is 5.89 Å². The van der Waals surface area contributed by atoms with Gasteiger partial charge < -0.3 is 18.6 Å². The fraction of sp³-hybridized carbons (Fsp3) is 0.269. The summed E-state index contributed by atoms with van der Waals surface area (Å²) in [5, 5.41) is 13.2. The van der Waals surface area contributed by atoms with E-state index < -0.39 is 0 Å². The van der Waals surface area contributed by atoms with E-state index in [4.69, 9.17) is 14.0 Å². The van der Waals surface area contributed by atoms with Crippen LogP contribution in [0.1, 0.15) is 41.7 Å². The van der Waals surface area contributed by atoms with Crippen LogP contribution in [0, 0.1) is 0 Å². The van der Waals surface area contributed by atoms with E-state index in [9.17, 15) is 0 Å². The van der Waals surface area contributed by atoms with Gasteiger partial charge in [0.05, 0.1) is 31.6 Å². The molecule has 1 fully saturated rings. The molecule has 0 saturated heterocycles. The Morgan fingerprint density at radius 2 is 1.94 bits per heavy atom. The van der Waals surface area contributed by atoms with Crippen molar-refractivity contribution in [1.82, 2.24) is 34.5 Å². The summed E-state index contributed by atoms with van der Waals surface area (Å²) in [6.45, 7) is 1.28. The first-order chi connectivity index (χ1) is 17.8. The number of nitrogens with zero attached hydrogens (tertiary/aromatic N) is 7. The van der Waals surface area contributed by atoms with E-state index in [1.54, 1.807) is 13.4 Å². The molecule has 7 rings (SSSR count). The highest BCUT2D eigenvalue weighted by molar-refractivity contribution is 5.72. The molecule has 180 valence electrons. The van der Waals surface area contributed by atoms with Crippen molar-refractivity contribution in [3.05, 3.63) is 77.8 Å². The molecule has 0 atom stereocenters. The molecule has 0 spiro atoms. The highest BCUT2D eigenvalue weighted by Gasteiger charge is 2.32. The Bertz CT molecular complexity index is 1550. The van der Waals surface area contributed by atoms with Crippen molar-refractivity contribution in [2.75, 3.05) is 7.11 Å². The molecule has 10 nitrogen and oxygen atoms in total. The predicted octanol–water partition coefficient (Wildman–Crippen LogP) is 4.15. The van der Waals surface area contributed by atoms with Crippen molar-refractivity contribution >= 4 is 0 Å². The number of fused-ring (bicyclic) bond motifs is 5. The zero-order chi connectivity index (χ0) is 24.1. The molecule has 5 aromatic rings. The van der Waals surface area contributed by atoms with Gasteiger partial charge in [-0.15, -0.1) is 10.2 Å². The van der Waals surface area contributed by atoms with Crippen molar-refractivity contribution in [1.29, 1.82) is 0 Å². The Labute approximate surface area is 206 Å². The first-order valence-electron chi connectivity index (χ1n) is 11.9. The smallest absolute Gasteiger partial charge is 0.278 e. The van der Waals surface area contributed by atoms with Crippen molar-refractivity contribution in [3.8, 4) is 34.4 Å². The molecule has 0 unspecified atom stereocenters. The average Bonchev–Trinajstić information content (AvgIpc) is 3.35. The Kier molecular flexibility index (Phi) is 4.91. The molecule has 4 heterocycles. The van der Waals surface area contributed by atoms with Gasteiger partial charge in [-0.25, -0.2) is 4.98 Å². The third-order valence-electron chi connectivity index (χ3n) is 6.64. The topological polar surface area (TPSA) is 106 Å². The van der Waals surface area contributed by atoms with E-state index in [1.165, 1.54) is 0 Å². The van der Waals surface area contributed by atoms with Crippen molar-refractivity contribution in [2.45, 2.75) is 38.5 Å². The maximum absolute atomic E-state index is 6.01. The van der Waals surface area contributed by atoms with Gasteiger partial charge in [0.2, 0.25) is 0 Å². The number of hydrogen-bond acceptors (Lipinski definition) is 8. The zero-order valence-electron chi connectivity index (χ0n) is 19.7. The molecular weight excluding hydrogens is 458 g/mol. The second-order valence-electron chi connectivity index (χ2n) is 9.03. The van der Waals surface area contributed by atoms with Crippen molar-refractivity contribution in [2.24, 2.45) is 0 Å². The van der Waals surface area contributed by atoms with E-state index in [0.29, 0.717) is 37.3 Å². The molecule has 0 radical (unpaired) electrons. The van der Waals surface area contributed by atoms with Crippen LogP contribution in [-0.4, -0.2) is 41.6 Å². The Morgan fingerprint density at radius 3 is 2.78 bits per heavy atom. The average molecular weight is 482 g/mol. The standard InChI is InChI=1S/C26H23N7O3/c1-34-18-9-10-20-19(11-18)25-30-29-22(14-35-13-16-5-3-2-4-6-16)32(25)12-21-23(27-15-33(20)21)26-28-24(31-36-26)17-7-8-17/h2-6,9-11,15,17H,7-8,12-14H2,1H3. The monoisotopic (exact) mass is 481 g/mol. The third kappa shape index (κ3) is 3.57. The molecule has 3 aromatic heterocycles. The lowest BCUT2D eigenvalue weighted by atomic mass is 10.1. The Morgan fingerprint density at radius 1 is 1.06 bits per heavy atom. The van der Waals surface area contributed by atoms with E-state index in [-0.39, 0.29) is 0 Å². The van der Waals surface area contributed by atoms with Crippen LogP contribution in [0.5, 0.6) is 5.75 Å². The van der Waals surface area contributed by atoms with Crippen molar-refractivity contribution < 1.29 is 14.0 Å². The van der Waals surface area contributed by atoms with E-state index in [0.717, 1.165) is 58.6 Å². The van der Waals surface area contributed by atoms with Crippen LogP contribution in [0.4, 0.5) is 0 Å². The van der Waals surface area contributed by atoms with Gasteiger partial charge in [-0.05, 0) is 36.6 Å². The van der Waals surface area contributed by atoms with Gasteiger partial charge in [-0.2, -0.15) is 4.98 Å². The second kappa shape index (κ2) is 8.42. The molecule has 1 aliphatic carbocycles. The van der Waals surface area contributed by atoms with Crippen LogP contribution < -0.4 is 4.74 Å². The molecule has 1 aliphatic heterocycles. The van der Waals surface area contributed by atoms with Gasteiger partial charge in [0, 0.05) is 11.5 Å². The lowest BCUT2D eigenvalue weighted by molar-refractivity contribution is 0.0994. The molecule has 0 bridgehead atoms. The van der Waals surface area contributed by atoms with Gasteiger partial charge in [0.15, 0.2) is 23.2 Å². The van der Waals surface area contributed by atoms with E-state index in [1.807, 2.05) is 53.1 Å². The van der Waals surface area contributed by atoms with E-state index >= 15 is 0 Å².